The van der Waals surface area contributed by atoms with Gasteiger partial charge in [-0.1, -0.05) is 12.1 Å². The summed E-state index contributed by atoms with van der Waals surface area (Å²) in [7, 11) is 0. The van der Waals surface area contributed by atoms with E-state index in [-0.39, 0.29) is 5.75 Å². The first-order valence-electron chi connectivity index (χ1n) is 3.95. The first-order valence-corrected chi connectivity index (χ1v) is 4.74. The predicted octanol–water partition coefficient (Wildman–Crippen LogP) is 1.54. The van der Waals surface area contributed by atoms with Crippen LogP contribution in [0.2, 0.25) is 0 Å². The summed E-state index contributed by atoms with van der Waals surface area (Å²) in [5.41, 5.74) is 6.42. The van der Waals surface area contributed by atoms with E-state index in [2.05, 4.69) is 15.9 Å². The van der Waals surface area contributed by atoms with Gasteiger partial charge >= 0.3 is 0 Å². The Hall–Kier alpha value is -0.580. The minimum Gasteiger partial charge on any atom is -0.507 e. The molecular weight excluding hydrogens is 234 g/mol. The summed E-state index contributed by atoms with van der Waals surface area (Å²) in [4.78, 5) is 0. The van der Waals surface area contributed by atoms with Crippen molar-refractivity contribution in [3.63, 3.8) is 0 Å². The first kappa shape index (κ1) is 10.5. The van der Waals surface area contributed by atoms with Gasteiger partial charge in [0.2, 0.25) is 0 Å². The highest BCUT2D eigenvalue weighted by Crippen LogP contribution is 2.31. The lowest BCUT2D eigenvalue weighted by atomic mass is 10.0. The van der Waals surface area contributed by atoms with E-state index in [1.807, 2.05) is 0 Å². The molecule has 3 nitrogen and oxygen atoms in total. The van der Waals surface area contributed by atoms with E-state index >= 15 is 0 Å². The van der Waals surface area contributed by atoms with Crippen LogP contribution >= 0.6 is 15.9 Å². The minimum absolute atomic E-state index is 0.133. The fourth-order valence-corrected chi connectivity index (χ4v) is 1.58. The fourth-order valence-electron chi connectivity index (χ4n) is 1.05. The molecule has 0 aliphatic rings. The van der Waals surface area contributed by atoms with Crippen molar-refractivity contribution in [2.24, 2.45) is 5.73 Å². The molecule has 0 saturated carbocycles. The zero-order valence-electron chi connectivity index (χ0n) is 7.24. The maximum Gasteiger partial charge on any atom is 0.130 e. The minimum atomic E-state index is -0.641. The van der Waals surface area contributed by atoms with E-state index in [0.717, 1.165) is 0 Å². The van der Waals surface area contributed by atoms with Gasteiger partial charge in [-0.25, -0.2) is 0 Å². The Labute approximate surface area is 85.3 Å². The Balaban J connectivity index is 3.07. The van der Waals surface area contributed by atoms with Crippen molar-refractivity contribution in [1.82, 2.24) is 0 Å². The maximum absolute atomic E-state index is 9.35. The lowest BCUT2D eigenvalue weighted by Crippen LogP contribution is -2.23. The zero-order chi connectivity index (χ0) is 10.0. The summed E-state index contributed by atoms with van der Waals surface area (Å²) >= 11 is 3.21. The summed E-state index contributed by atoms with van der Waals surface area (Å²) < 4.78 is 0.545. The highest BCUT2D eigenvalue weighted by atomic mass is 79.9. The molecule has 0 amide bonds. The molecular formula is C9H12BrNO2. The molecule has 0 heterocycles. The van der Waals surface area contributed by atoms with Gasteiger partial charge in [-0.2, -0.15) is 0 Å². The second kappa shape index (κ2) is 4.09. The highest BCUT2D eigenvalue weighted by Gasteiger charge is 2.16. The van der Waals surface area contributed by atoms with Gasteiger partial charge in [0.1, 0.15) is 5.75 Å². The Morgan fingerprint density at radius 1 is 1.46 bits per heavy atom. The molecule has 1 aromatic carbocycles. The summed E-state index contributed by atoms with van der Waals surface area (Å²) in [5, 5.41) is 18.6. The van der Waals surface area contributed by atoms with Crippen molar-refractivity contribution in [1.29, 1.82) is 0 Å². The van der Waals surface area contributed by atoms with Crippen molar-refractivity contribution in [3.05, 3.63) is 28.2 Å². The number of hydrogen-bond donors (Lipinski definition) is 3. The van der Waals surface area contributed by atoms with Crippen LogP contribution in [0.3, 0.4) is 0 Å². The lowest BCUT2D eigenvalue weighted by Gasteiger charge is -2.16. The second-order valence-electron chi connectivity index (χ2n) is 2.95. The van der Waals surface area contributed by atoms with E-state index in [1.165, 1.54) is 0 Å². The number of aliphatic hydroxyl groups is 1. The van der Waals surface area contributed by atoms with E-state index in [0.29, 0.717) is 10.0 Å². The quantitative estimate of drug-likeness (QED) is 0.741. The molecule has 1 aromatic rings. The maximum atomic E-state index is 9.35. The molecule has 0 aromatic heterocycles. The zero-order valence-corrected chi connectivity index (χ0v) is 8.82. The van der Waals surface area contributed by atoms with E-state index < -0.39 is 12.1 Å². The molecule has 0 aliphatic heterocycles. The SMILES string of the molecule is CC(O)[C@@H](N)c1cccc(O)c1Br. The summed E-state index contributed by atoms with van der Waals surface area (Å²) in [6, 6.07) is 4.53. The molecule has 0 bridgehead atoms. The van der Waals surface area contributed by atoms with Crippen LogP contribution in [-0.4, -0.2) is 16.3 Å². The van der Waals surface area contributed by atoms with Gasteiger partial charge in [-0.3, -0.25) is 0 Å². The molecule has 4 heteroatoms. The number of aromatic hydroxyl groups is 1. The smallest absolute Gasteiger partial charge is 0.130 e. The monoisotopic (exact) mass is 245 g/mol. The second-order valence-corrected chi connectivity index (χ2v) is 3.74. The number of phenolic OH excluding ortho intramolecular Hbond substituents is 1. The Morgan fingerprint density at radius 3 is 2.62 bits per heavy atom. The summed E-state index contributed by atoms with van der Waals surface area (Å²) in [6.45, 7) is 1.61. The number of phenols is 1. The third kappa shape index (κ3) is 2.21. The Bertz CT molecular complexity index is 302. The average Bonchev–Trinajstić information content (AvgIpc) is 2.08. The molecule has 1 rings (SSSR count). The Kier molecular flexibility index (Phi) is 3.30. The third-order valence-electron chi connectivity index (χ3n) is 1.89. The van der Waals surface area contributed by atoms with Crippen LogP contribution in [0.4, 0.5) is 0 Å². The number of aliphatic hydroxyl groups excluding tert-OH is 1. The van der Waals surface area contributed by atoms with Crippen molar-refractivity contribution < 1.29 is 10.2 Å². The van der Waals surface area contributed by atoms with Crippen LogP contribution in [0, 0.1) is 0 Å². The molecule has 4 N–H and O–H groups in total. The van der Waals surface area contributed by atoms with Crippen LogP contribution in [0.25, 0.3) is 0 Å². The molecule has 0 aliphatic carbocycles. The van der Waals surface area contributed by atoms with Crippen LogP contribution in [0.5, 0.6) is 5.75 Å². The summed E-state index contributed by atoms with van der Waals surface area (Å²) in [5.74, 6) is 0.133. The number of halogens is 1. The van der Waals surface area contributed by atoms with E-state index in [4.69, 9.17) is 5.73 Å². The number of benzene rings is 1. The van der Waals surface area contributed by atoms with Gasteiger partial charge in [0, 0.05) is 0 Å². The molecule has 13 heavy (non-hydrogen) atoms. The summed E-state index contributed by atoms with van der Waals surface area (Å²) in [6.07, 6.45) is -0.641. The van der Waals surface area contributed by atoms with Gasteiger partial charge in [-0.15, -0.1) is 0 Å². The van der Waals surface area contributed by atoms with Crippen molar-refractivity contribution in [2.45, 2.75) is 19.1 Å². The molecule has 0 fully saturated rings. The topological polar surface area (TPSA) is 66.5 Å². The molecule has 1 unspecified atom stereocenters. The highest BCUT2D eigenvalue weighted by molar-refractivity contribution is 9.10. The number of nitrogens with two attached hydrogens (primary N) is 1. The molecule has 72 valence electrons. The van der Waals surface area contributed by atoms with Crippen LogP contribution < -0.4 is 5.73 Å². The van der Waals surface area contributed by atoms with Gasteiger partial charge in [0.25, 0.3) is 0 Å². The van der Waals surface area contributed by atoms with E-state index in [9.17, 15) is 10.2 Å². The van der Waals surface area contributed by atoms with Crippen LogP contribution in [0.15, 0.2) is 22.7 Å². The van der Waals surface area contributed by atoms with Crippen molar-refractivity contribution in [3.8, 4) is 5.75 Å². The fraction of sp³-hybridized carbons (Fsp3) is 0.333. The standard InChI is InChI=1S/C9H12BrNO2/c1-5(12)9(11)6-3-2-4-7(13)8(6)10/h2-5,9,12-13H,11H2,1H3/t5?,9-/m1/s1. The molecule has 2 atom stereocenters. The third-order valence-corrected chi connectivity index (χ3v) is 2.75. The average molecular weight is 246 g/mol. The normalized spacial score (nSPS) is 15.4. The first-order chi connectivity index (χ1) is 6.04. The molecule has 0 spiro atoms. The largest absolute Gasteiger partial charge is 0.507 e. The van der Waals surface area contributed by atoms with Gasteiger partial charge in [0.15, 0.2) is 0 Å². The number of hydrogen-bond acceptors (Lipinski definition) is 3. The molecule has 0 radical (unpaired) electrons. The van der Waals surface area contributed by atoms with E-state index in [1.54, 1.807) is 25.1 Å². The van der Waals surface area contributed by atoms with Crippen molar-refractivity contribution >= 4 is 15.9 Å². The Morgan fingerprint density at radius 2 is 2.08 bits per heavy atom. The number of rotatable bonds is 2. The lowest BCUT2D eigenvalue weighted by molar-refractivity contribution is 0.164. The van der Waals surface area contributed by atoms with Gasteiger partial charge < -0.3 is 15.9 Å². The van der Waals surface area contributed by atoms with Crippen LogP contribution in [0.1, 0.15) is 18.5 Å². The molecule has 0 saturated heterocycles. The van der Waals surface area contributed by atoms with Gasteiger partial charge in [0.05, 0.1) is 16.6 Å². The predicted molar refractivity (Wildman–Crippen MR) is 54.4 cm³/mol. The van der Waals surface area contributed by atoms with Crippen LogP contribution in [-0.2, 0) is 0 Å². The van der Waals surface area contributed by atoms with Gasteiger partial charge in [-0.05, 0) is 34.5 Å². The van der Waals surface area contributed by atoms with Crippen molar-refractivity contribution in [2.75, 3.05) is 0 Å².